The van der Waals surface area contributed by atoms with Crippen LogP contribution in [0.1, 0.15) is 24.5 Å². The summed E-state index contributed by atoms with van der Waals surface area (Å²) >= 11 is 0. The third-order valence-electron chi connectivity index (χ3n) is 2.83. The number of fused-ring (bicyclic) bond motifs is 1. The average Bonchev–Trinajstić information content (AvgIpc) is 2.56. The zero-order chi connectivity index (χ0) is 9.54. The molecule has 70 valence electrons. The van der Waals surface area contributed by atoms with Gasteiger partial charge in [-0.3, -0.25) is 4.98 Å². The molecule has 1 fully saturated rings. The van der Waals surface area contributed by atoms with E-state index >= 15 is 0 Å². The highest BCUT2D eigenvalue weighted by Gasteiger charge is 2.26. The van der Waals surface area contributed by atoms with Crippen LogP contribution in [0.25, 0.3) is 5.52 Å². The molecule has 1 aliphatic carbocycles. The highest BCUT2D eigenvalue weighted by Crippen LogP contribution is 2.40. The van der Waals surface area contributed by atoms with Crippen molar-refractivity contribution in [3.05, 3.63) is 42.8 Å². The van der Waals surface area contributed by atoms with E-state index in [4.69, 9.17) is 0 Å². The van der Waals surface area contributed by atoms with Crippen LogP contribution in [0.15, 0.2) is 37.1 Å². The second-order valence-electron chi connectivity index (χ2n) is 3.85. The Morgan fingerprint density at radius 2 is 2.29 bits per heavy atom. The fraction of sp³-hybridized carbons (Fsp3) is 0.273. The van der Waals surface area contributed by atoms with Crippen LogP contribution in [-0.4, -0.2) is 14.4 Å². The minimum absolute atomic E-state index is 0.566. The standard InChI is InChI=1S/C11H11N3/c1-8-4-9(5-8)11-10-6-12-2-3-14(10)7-13-11/h2-3,6-7,9H,1,4-5H2. The van der Waals surface area contributed by atoms with E-state index < -0.39 is 0 Å². The Kier molecular flexibility index (Phi) is 1.48. The lowest BCUT2D eigenvalue weighted by molar-refractivity contribution is 0.544. The number of nitrogens with zero attached hydrogens (tertiary/aromatic N) is 3. The summed E-state index contributed by atoms with van der Waals surface area (Å²) in [5.41, 5.74) is 3.63. The fourth-order valence-corrected chi connectivity index (χ4v) is 2.01. The van der Waals surface area contributed by atoms with Gasteiger partial charge in [0.1, 0.15) is 0 Å². The molecule has 0 atom stereocenters. The average molecular weight is 185 g/mol. The first-order valence-electron chi connectivity index (χ1n) is 4.78. The van der Waals surface area contributed by atoms with Crippen LogP contribution in [0.4, 0.5) is 0 Å². The number of aromatic nitrogens is 3. The third-order valence-corrected chi connectivity index (χ3v) is 2.83. The van der Waals surface area contributed by atoms with E-state index in [2.05, 4.69) is 16.5 Å². The van der Waals surface area contributed by atoms with Gasteiger partial charge in [-0.15, -0.1) is 0 Å². The van der Waals surface area contributed by atoms with Gasteiger partial charge >= 0.3 is 0 Å². The monoisotopic (exact) mass is 185 g/mol. The van der Waals surface area contributed by atoms with Gasteiger partial charge in [0, 0.05) is 18.3 Å². The van der Waals surface area contributed by atoms with Gasteiger partial charge in [-0.05, 0) is 12.8 Å². The molecule has 0 radical (unpaired) electrons. The van der Waals surface area contributed by atoms with E-state index in [0.717, 1.165) is 18.4 Å². The van der Waals surface area contributed by atoms with Crippen molar-refractivity contribution in [1.29, 1.82) is 0 Å². The summed E-state index contributed by atoms with van der Waals surface area (Å²) in [7, 11) is 0. The van der Waals surface area contributed by atoms with Gasteiger partial charge in [0.05, 0.1) is 23.7 Å². The summed E-state index contributed by atoms with van der Waals surface area (Å²) in [5, 5.41) is 0. The Hall–Kier alpha value is -1.64. The zero-order valence-corrected chi connectivity index (χ0v) is 7.85. The Labute approximate surface area is 82.1 Å². The summed E-state index contributed by atoms with van der Waals surface area (Å²) < 4.78 is 2.02. The largest absolute Gasteiger partial charge is 0.303 e. The van der Waals surface area contributed by atoms with Gasteiger partial charge < -0.3 is 4.40 Å². The van der Waals surface area contributed by atoms with E-state index in [1.165, 1.54) is 11.3 Å². The highest BCUT2D eigenvalue weighted by atomic mass is 15.0. The molecule has 1 saturated carbocycles. The summed E-state index contributed by atoms with van der Waals surface area (Å²) in [6.07, 6.45) is 9.61. The molecular weight excluding hydrogens is 174 g/mol. The van der Waals surface area contributed by atoms with Crippen molar-refractivity contribution >= 4 is 5.52 Å². The SMILES string of the molecule is C=C1CC(c2ncn3ccncc23)C1. The van der Waals surface area contributed by atoms with Gasteiger partial charge in [0.2, 0.25) is 0 Å². The highest BCUT2D eigenvalue weighted by molar-refractivity contribution is 5.53. The van der Waals surface area contributed by atoms with Crippen LogP contribution in [-0.2, 0) is 0 Å². The molecule has 2 aromatic heterocycles. The summed E-state index contributed by atoms with van der Waals surface area (Å²) in [6, 6.07) is 0. The Balaban J connectivity index is 2.09. The molecular formula is C11H11N3. The van der Waals surface area contributed by atoms with E-state index in [1.807, 2.05) is 23.1 Å². The van der Waals surface area contributed by atoms with Crippen molar-refractivity contribution in [2.24, 2.45) is 0 Å². The van der Waals surface area contributed by atoms with Crippen LogP contribution in [0.3, 0.4) is 0 Å². The van der Waals surface area contributed by atoms with Gasteiger partial charge in [-0.1, -0.05) is 12.2 Å². The zero-order valence-electron chi connectivity index (χ0n) is 7.85. The van der Waals surface area contributed by atoms with Gasteiger partial charge in [-0.2, -0.15) is 0 Å². The molecule has 0 bridgehead atoms. The van der Waals surface area contributed by atoms with Gasteiger partial charge in [0.25, 0.3) is 0 Å². The van der Waals surface area contributed by atoms with Gasteiger partial charge in [-0.25, -0.2) is 4.98 Å². The van der Waals surface area contributed by atoms with Crippen molar-refractivity contribution < 1.29 is 0 Å². The lowest BCUT2D eigenvalue weighted by Gasteiger charge is -2.26. The maximum atomic E-state index is 4.43. The molecule has 2 aromatic rings. The second kappa shape index (κ2) is 2.67. The second-order valence-corrected chi connectivity index (χ2v) is 3.85. The van der Waals surface area contributed by atoms with Crippen molar-refractivity contribution in [1.82, 2.24) is 14.4 Å². The smallest absolute Gasteiger partial charge is 0.0996 e. The van der Waals surface area contributed by atoms with Crippen LogP contribution in [0.5, 0.6) is 0 Å². The summed E-state index contributed by atoms with van der Waals surface area (Å²) in [4.78, 5) is 8.56. The molecule has 3 rings (SSSR count). The quantitative estimate of drug-likeness (QED) is 0.637. The number of allylic oxidation sites excluding steroid dienone is 1. The first kappa shape index (κ1) is 7.74. The Bertz CT molecular complexity index is 490. The molecule has 3 heteroatoms. The van der Waals surface area contributed by atoms with Crippen molar-refractivity contribution in [2.45, 2.75) is 18.8 Å². The van der Waals surface area contributed by atoms with Crippen molar-refractivity contribution in [3.63, 3.8) is 0 Å². The predicted octanol–water partition coefficient (Wildman–Crippen LogP) is 2.16. The van der Waals surface area contributed by atoms with Crippen LogP contribution >= 0.6 is 0 Å². The first-order chi connectivity index (χ1) is 6.84. The summed E-state index contributed by atoms with van der Waals surface area (Å²) in [6.45, 7) is 3.95. The fourth-order valence-electron chi connectivity index (χ4n) is 2.01. The minimum atomic E-state index is 0.566. The number of hydrogen-bond acceptors (Lipinski definition) is 2. The van der Waals surface area contributed by atoms with Crippen LogP contribution in [0, 0.1) is 0 Å². The molecule has 3 nitrogen and oxygen atoms in total. The lowest BCUT2D eigenvalue weighted by atomic mass is 9.79. The molecule has 2 heterocycles. The molecule has 0 N–H and O–H groups in total. The molecule has 1 aliphatic rings. The molecule has 0 spiro atoms. The molecule has 0 aromatic carbocycles. The predicted molar refractivity (Wildman–Crippen MR) is 54.1 cm³/mol. The molecule has 14 heavy (non-hydrogen) atoms. The molecule has 0 aliphatic heterocycles. The number of rotatable bonds is 1. The maximum absolute atomic E-state index is 4.43. The number of hydrogen-bond donors (Lipinski definition) is 0. The molecule has 0 amide bonds. The molecule has 0 unspecified atom stereocenters. The third kappa shape index (κ3) is 0.985. The summed E-state index contributed by atoms with van der Waals surface area (Å²) in [5.74, 6) is 0.566. The van der Waals surface area contributed by atoms with Crippen molar-refractivity contribution in [3.8, 4) is 0 Å². The minimum Gasteiger partial charge on any atom is -0.303 e. The van der Waals surface area contributed by atoms with E-state index in [-0.39, 0.29) is 0 Å². The lowest BCUT2D eigenvalue weighted by Crippen LogP contribution is -2.12. The van der Waals surface area contributed by atoms with E-state index in [0.29, 0.717) is 5.92 Å². The van der Waals surface area contributed by atoms with Crippen LogP contribution < -0.4 is 0 Å². The van der Waals surface area contributed by atoms with E-state index in [9.17, 15) is 0 Å². The number of imidazole rings is 1. The maximum Gasteiger partial charge on any atom is 0.0996 e. The Morgan fingerprint density at radius 3 is 3.07 bits per heavy atom. The van der Waals surface area contributed by atoms with Gasteiger partial charge in [0.15, 0.2) is 0 Å². The van der Waals surface area contributed by atoms with Crippen LogP contribution in [0.2, 0.25) is 0 Å². The normalized spacial score (nSPS) is 17.3. The topological polar surface area (TPSA) is 30.2 Å². The van der Waals surface area contributed by atoms with Crippen molar-refractivity contribution in [2.75, 3.05) is 0 Å². The first-order valence-corrected chi connectivity index (χ1v) is 4.78. The van der Waals surface area contributed by atoms with E-state index in [1.54, 1.807) is 6.20 Å². The Morgan fingerprint density at radius 1 is 1.43 bits per heavy atom. The molecule has 0 saturated heterocycles.